The fourth-order valence-corrected chi connectivity index (χ4v) is 3.11. The molecule has 0 aromatic heterocycles. The maximum atomic E-state index is 12.3. The van der Waals surface area contributed by atoms with Crippen LogP contribution in [0.4, 0.5) is 5.69 Å². The maximum Gasteiger partial charge on any atom is 0.262 e. The van der Waals surface area contributed by atoms with Crippen LogP contribution in [0.25, 0.3) is 11.6 Å². The Labute approximate surface area is 189 Å². The fourth-order valence-electron chi connectivity index (χ4n) is 2.63. The Morgan fingerprint density at radius 2 is 1.77 bits per heavy atom. The van der Waals surface area contributed by atoms with Crippen LogP contribution in [-0.4, -0.2) is 12.5 Å². The van der Waals surface area contributed by atoms with Gasteiger partial charge in [0.25, 0.3) is 5.91 Å². The molecule has 0 heterocycles. The molecule has 0 unspecified atom stereocenters. The SMILES string of the molecule is N#C/C(=C\c1cc(Cl)ccc1OCC(=O)Nc1ccc(Cl)c(Cl)c1)c1ccccc1. The third-order valence-corrected chi connectivity index (χ3v) is 5.01. The summed E-state index contributed by atoms with van der Waals surface area (Å²) >= 11 is 18.0. The van der Waals surface area contributed by atoms with Crippen molar-refractivity contribution in [2.24, 2.45) is 0 Å². The van der Waals surface area contributed by atoms with E-state index < -0.39 is 0 Å². The number of benzene rings is 3. The lowest BCUT2D eigenvalue weighted by molar-refractivity contribution is -0.118. The second kappa shape index (κ2) is 10.2. The standard InChI is InChI=1S/C23H15Cl3N2O2/c24-18-6-9-22(16(11-18)10-17(13-27)15-4-2-1-3-5-15)30-14-23(29)28-19-7-8-20(25)21(26)12-19/h1-12H,14H2,(H,28,29)/b17-10+. The molecule has 3 aromatic carbocycles. The molecule has 1 amide bonds. The van der Waals surface area contributed by atoms with E-state index in [1.54, 1.807) is 42.5 Å². The van der Waals surface area contributed by atoms with Crippen molar-refractivity contribution in [1.82, 2.24) is 0 Å². The summed E-state index contributed by atoms with van der Waals surface area (Å²) in [5, 5.41) is 13.5. The van der Waals surface area contributed by atoms with Crippen LogP contribution in [0.2, 0.25) is 15.1 Å². The third kappa shape index (κ3) is 5.77. The number of amides is 1. The molecule has 0 atom stereocenters. The third-order valence-electron chi connectivity index (χ3n) is 4.04. The lowest BCUT2D eigenvalue weighted by Gasteiger charge is -2.11. The van der Waals surface area contributed by atoms with Crippen LogP contribution in [0, 0.1) is 11.3 Å². The van der Waals surface area contributed by atoms with Crippen molar-refractivity contribution < 1.29 is 9.53 Å². The summed E-state index contributed by atoms with van der Waals surface area (Å²) in [6, 6.07) is 21.2. The first kappa shape index (κ1) is 21.7. The lowest BCUT2D eigenvalue weighted by Crippen LogP contribution is -2.20. The van der Waals surface area contributed by atoms with E-state index in [9.17, 15) is 10.1 Å². The van der Waals surface area contributed by atoms with E-state index in [0.717, 1.165) is 5.56 Å². The number of nitrogens with zero attached hydrogens (tertiary/aromatic N) is 1. The second-order valence-electron chi connectivity index (χ2n) is 6.18. The molecule has 0 aliphatic rings. The van der Waals surface area contributed by atoms with E-state index in [4.69, 9.17) is 39.5 Å². The van der Waals surface area contributed by atoms with Gasteiger partial charge in [-0.25, -0.2) is 0 Å². The highest BCUT2D eigenvalue weighted by Gasteiger charge is 2.10. The molecule has 30 heavy (non-hydrogen) atoms. The quantitative estimate of drug-likeness (QED) is 0.330. The van der Waals surface area contributed by atoms with Crippen LogP contribution in [0.3, 0.4) is 0 Å². The molecular formula is C23H15Cl3N2O2. The highest BCUT2D eigenvalue weighted by molar-refractivity contribution is 6.42. The molecule has 0 fully saturated rings. The van der Waals surface area contributed by atoms with Crippen LogP contribution < -0.4 is 10.1 Å². The largest absolute Gasteiger partial charge is 0.483 e. The maximum absolute atomic E-state index is 12.3. The molecule has 0 saturated heterocycles. The van der Waals surface area contributed by atoms with Crippen molar-refractivity contribution in [1.29, 1.82) is 5.26 Å². The van der Waals surface area contributed by atoms with Crippen molar-refractivity contribution in [2.75, 3.05) is 11.9 Å². The molecule has 0 aliphatic carbocycles. The number of anilines is 1. The minimum absolute atomic E-state index is 0.240. The first-order valence-corrected chi connectivity index (χ1v) is 9.94. The normalized spacial score (nSPS) is 10.9. The fraction of sp³-hybridized carbons (Fsp3) is 0.0435. The Bertz CT molecular complexity index is 1140. The van der Waals surface area contributed by atoms with Crippen molar-refractivity contribution in [2.45, 2.75) is 0 Å². The van der Waals surface area contributed by atoms with Gasteiger partial charge >= 0.3 is 0 Å². The number of allylic oxidation sites excluding steroid dienone is 1. The van der Waals surface area contributed by atoms with Gasteiger partial charge in [0, 0.05) is 16.3 Å². The zero-order chi connectivity index (χ0) is 21.5. The number of nitriles is 1. The number of ether oxygens (including phenoxy) is 1. The van der Waals surface area contributed by atoms with Gasteiger partial charge in [-0.15, -0.1) is 0 Å². The van der Waals surface area contributed by atoms with E-state index in [0.29, 0.717) is 37.6 Å². The molecule has 0 bridgehead atoms. The predicted octanol–water partition coefficient (Wildman–Crippen LogP) is 6.73. The summed E-state index contributed by atoms with van der Waals surface area (Å²) in [6.45, 7) is -0.240. The average molecular weight is 458 g/mol. The summed E-state index contributed by atoms with van der Waals surface area (Å²) < 4.78 is 5.68. The van der Waals surface area contributed by atoms with Gasteiger partial charge in [-0.2, -0.15) is 5.26 Å². The van der Waals surface area contributed by atoms with Gasteiger partial charge in [0.15, 0.2) is 6.61 Å². The van der Waals surface area contributed by atoms with Crippen LogP contribution in [-0.2, 0) is 4.79 Å². The van der Waals surface area contributed by atoms with E-state index in [-0.39, 0.29) is 12.5 Å². The molecule has 0 radical (unpaired) electrons. The molecule has 7 heteroatoms. The van der Waals surface area contributed by atoms with Gasteiger partial charge in [0.2, 0.25) is 0 Å². The molecule has 4 nitrogen and oxygen atoms in total. The number of carbonyl (C=O) groups is 1. The number of hydrogen-bond donors (Lipinski definition) is 1. The molecule has 3 rings (SSSR count). The summed E-state index contributed by atoms with van der Waals surface area (Å²) in [5.74, 6) is 0.0502. The molecule has 3 aromatic rings. The Kier molecular flexibility index (Phi) is 7.37. The van der Waals surface area contributed by atoms with E-state index in [2.05, 4.69) is 11.4 Å². The zero-order valence-electron chi connectivity index (χ0n) is 15.5. The van der Waals surface area contributed by atoms with Gasteiger partial charge in [-0.3, -0.25) is 4.79 Å². The number of halogens is 3. The number of nitrogens with one attached hydrogen (secondary N) is 1. The lowest BCUT2D eigenvalue weighted by atomic mass is 10.0. The number of carbonyl (C=O) groups excluding carboxylic acids is 1. The number of rotatable bonds is 6. The summed E-state index contributed by atoms with van der Waals surface area (Å²) in [5.41, 5.74) is 2.31. The Morgan fingerprint density at radius 1 is 1.00 bits per heavy atom. The smallest absolute Gasteiger partial charge is 0.262 e. The molecule has 0 spiro atoms. The number of hydrogen-bond acceptors (Lipinski definition) is 3. The van der Waals surface area contributed by atoms with Crippen molar-refractivity contribution in [3.8, 4) is 11.8 Å². The molecule has 1 N–H and O–H groups in total. The molecule has 0 aliphatic heterocycles. The van der Waals surface area contributed by atoms with E-state index in [1.807, 2.05) is 30.3 Å². The van der Waals surface area contributed by atoms with Crippen LogP contribution in [0.15, 0.2) is 66.7 Å². The van der Waals surface area contributed by atoms with E-state index in [1.165, 1.54) is 0 Å². The Hall–Kier alpha value is -2.97. The molecule has 150 valence electrons. The minimum atomic E-state index is -0.373. The minimum Gasteiger partial charge on any atom is -0.483 e. The zero-order valence-corrected chi connectivity index (χ0v) is 17.8. The van der Waals surface area contributed by atoms with Gasteiger partial charge in [0.05, 0.1) is 21.7 Å². The predicted molar refractivity (Wildman–Crippen MR) is 122 cm³/mol. The highest BCUT2D eigenvalue weighted by Crippen LogP contribution is 2.28. The second-order valence-corrected chi connectivity index (χ2v) is 7.43. The van der Waals surface area contributed by atoms with Gasteiger partial charge in [0.1, 0.15) is 5.75 Å². The van der Waals surface area contributed by atoms with Gasteiger partial charge in [-0.1, -0.05) is 65.1 Å². The van der Waals surface area contributed by atoms with Crippen molar-refractivity contribution in [3.63, 3.8) is 0 Å². The van der Waals surface area contributed by atoms with Gasteiger partial charge < -0.3 is 10.1 Å². The summed E-state index contributed by atoms with van der Waals surface area (Å²) in [7, 11) is 0. The van der Waals surface area contributed by atoms with Crippen molar-refractivity contribution in [3.05, 3.63) is 92.9 Å². The highest BCUT2D eigenvalue weighted by atomic mass is 35.5. The van der Waals surface area contributed by atoms with Gasteiger partial charge in [-0.05, 0) is 48.0 Å². The first-order valence-electron chi connectivity index (χ1n) is 8.81. The molecule has 0 saturated carbocycles. The Balaban J connectivity index is 1.77. The average Bonchev–Trinajstić information content (AvgIpc) is 2.74. The van der Waals surface area contributed by atoms with E-state index >= 15 is 0 Å². The Morgan fingerprint density at radius 3 is 2.47 bits per heavy atom. The topological polar surface area (TPSA) is 62.1 Å². The monoisotopic (exact) mass is 456 g/mol. The van der Waals surface area contributed by atoms with Crippen LogP contribution in [0.1, 0.15) is 11.1 Å². The van der Waals surface area contributed by atoms with Crippen molar-refractivity contribution >= 4 is 58.0 Å². The van der Waals surface area contributed by atoms with Crippen LogP contribution in [0.5, 0.6) is 5.75 Å². The molecular weight excluding hydrogens is 443 g/mol. The summed E-state index contributed by atoms with van der Waals surface area (Å²) in [6.07, 6.45) is 1.67. The first-order chi connectivity index (χ1) is 14.5. The van der Waals surface area contributed by atoms with Crippen LogP contribution >= 0.6 is 34.8 Å². The summed E-state index contributed by atoms with van der Waals surface area (Å²) in [4.78, 5) is 12.3.